The van der Waals surface area contributed by atoms with Crippen molar-refractivity contribution in [3.63, 3.8) is 0 Å². The zero-order valence-corrected chi connectivity index (χ0v) is 20.1. The van der Waals surface area contributed by atoms with E-state index >= 15 is 0 Å². The maximum atomic E-state index is 6.14. The normalized spacial score (nSPS) is 15.0. The predicted octanol–water partition coefficient (Wildman–Crippen LogP) is 4.69. The number of hydrogen-bond donors (Lipinski definition) is 1. The zero-order valence-electron chi connectivity index (χ0n) is 19.3. The Bertz CT molecular complexity index is 878. The Morgan fingerprint density at radius 2 is 1.81 bits per heavy atom. The van der Waals surface area contributed by atoms with Crippen LogP contribution >= 0.6 is 11.8 Å². The summed E-state index contributed by atoms with van der Waals surface area (Å²) in [6.07, 6.45) is 2.98. The van der Waals surface area contributed by atoms with Crippen LogP contribution in [0.3, 0.4) is 0 Å². The molecule has 0 amide bonds. The highest BCUT2D eigenvalue weighted by atomic mass is 32.2. The van der Waals surface area contributed by atoms with E-state index in [-0.39, 0.29) is 0 Å². The van der Waals surface area contributed by atoms with Gasteiger partial charge in [-0.1, -0.05) is 11.8 Å². The number of piperazine rings is 1. The average Bonchev–Trinajstić information content (AvgIpc) is 2.79. The van der Waals surface area contributed by atoms with Crippen LogP contribution in [0.4, 0.5) is 0 Å². The van der Waals surface area contributed by atoms with Gasteiger partial charge < -0.3 is 10.1 Å². The first kappa shape index (κ1) is 23.7. The van der Waals surface area contributed by atoms with Crippen LogP contribution in [0, 0.1) is 11.8 Å². The Morgan fingerprint density at radius 1 is 1.06 bits per heavy atom. The van der Waals surface area contributed by atoms with Gasteiger partial charge in [0.2, 0.25) is 0 Å². The summed E-state index contributed by atoms with van der Waals surface area (Å²) in [5, 5.41) is 3.24. The quantitative estimate of drug-likeness (QED) is 0.478. The molecule has 0 saturated carbocycles. The van der Waals surface area contributed by atoms with Gasteiger partial charge in [-0.3, -0.25) is 9.80 Å². The monoisotopic (exact) mass is 437 g/mol. The van der Waals surface area contributed by atoms with E-state index in [0.717, 1.165) is 55.2 Å². The van der Waals surface area contributed by atoms with Crippen molar-refractivity contribution in [3.05, 3.63) is 53.6 Å². The largest absolute Gasteiger partial charge is 0.457 e. The molecule has 3 rings (SSSR count). The molecule has 1 aliphatic rings. The van der Waals surface area contributed by atoms with Gasteiger partial charge in [0.25, 0.3) is 0 Å². The molecule has 0 atom stereocenters. The standard InChI is InChI=1S/C26H35N3OS/c1-21(2)29-17-15-28(16-18-29)14-6-5-7-22-8-13-26(23(19-22)20-27-3)30-24-9-11-25(31-4)12-10-24/h8-13,19,21,27H,6,14-18,20H2,1-4H3. The van der Waals surface area contributed by atoms with Gasteiger partial charge in [-0.25, -0.2) is 0 Å². The van der Waals surface area contributed by atoms with Crippen molar-refractivity contribution >= 4 is 11.8 Å². The molecule has 2 aromatic carbocycles. The van der Waals surface area contributed by atoms with Crippen LogP contribution in [0.5, 0.6) is 11.5 Å². The summed E-state index contributed by atoms with van der Waals surface area (Å²) in [5.41, 5.74) is 2.16. The molecule has 166 valence electrons. The zero-order chi connectivity index (χ0) is 22.1. The molecule has 4 nitrogen and oxygen atoms in total. The second kappa shape index (κ2) is 12.2. The molecule has 0 unspecified atom stereocenters. The highest BCUT2D eigenvalue weighted by Gasteiger charge is 2.17. The minimum Gasteiger partial charge on any atom is -0.457 e. The Hall–Kier alpha value is -1.97. The number of rotatable bonds is 8. The maximum absolute atomic E-state index is 6.14. The molecule has 0 aromatic heterocycles. The number of thioether (sulfide) groups is 1. The van der Waals surface area contributed by atoms with Crippen LogP contribution in [0.15, 0.2) is 47.4 Å². The van der Waals surface area contributed by atoms with Crippen molar-refractivity contribution in [1.29, 1.82) is 0 Å². The molecule has 5 heteroatoms. The SMILES string of the molecule is CNCc1cc(C#CCCN2CCN(C(C)C)CC2)ccc1Oc1ccc(SC)cc1. The van der Waals surface area contributed by atoms with Crippen molar-refractivity contribution in [3.8, 4) is 23.3 Å². The highest BCUT2D eigenvalue weighted by molar-refractivity contribution is 7.98. The number of benzene rings is 2. The molecule has 0 bridgehead atoms. The summed E-state index contributed by atoms with van der Waals surface area (Å²) in [4.78, 5) is 6.31. The third-order valence-corrected chi connectivity index (χ3v) is 6.38. The molecule has 1 aliphatic heterocycles. The number of nitrogens with zero attached hydrogens (tertiary/aromatic N) is 2. The summed E-state index contributed by atoms with van der Waals surface area (Å²) in [6, 6.07) is 15.1. The third kappa shape index (κ3) is 7.29. The van der Waals surface area contributed by atoms with Crippen LogP contribution < -0.4 is 10.1 Å². The van der Waals surface area contributed by atoms with E-state index < -0.39 is 0 Å². The molecule has 1 N–H and O–H groups in total. The minimum atomic E-state index is 0.649. The average molecular weight is 438 g/mol. The van der Waals surface area contributed by atoms with Crippen molar-refractivity contribution < 1.29 is 4.74 Å². The van der Waals surface area contributed by atoms with Gasteiger partial charge >= 0.3 is 0 Å². The molecule has 0 radical (unpaired) electrons. The van der Waals surface area contributed by atoms with Crippen LogP contribution in [-0.4, -0.2) is 61.9 Å². The van der Waals surface area contributed by atoms with Crippen LogP contribution in [-0.2, 0) is 6.54 Å². The molecule has 1 fully saturated rings. The lowest BCUT2D eigenvalue weighted by Gasteiger charge is -2.36. The summed E-state index contributed by atoms with van der Waals surface area (Å²) >= 11 is 1.73. The number of nitrogens with one attached hydrogen (secondary N) is 1. The van der Waals surface area contributed by atoms with Crippen molar-refractivity contribution in [1.82, 2.24) is 15.1 Å². The van der Waals surface area contributed by atoms with E-state index in [1.807, 2.05) is 25.2 Å². The molecule has 1 heterocycles. The fourth-order valence-electron chi connectivity index (χ4n) is 3.74. The lowest BCUT2D eigenvalue weighted by atomic mass is 10.1. The fraction of sp³-hybridized carbons (Fsp3) is 0.462. The molecule has 2 aromatic rings. The van der Waals surface area contributed by atoms with Gasteiger partial charge in [0.15, 0.2) is 0 Å². The first-order chi connectivity index (χ1) is 15.1. The minimum absolute atomic E-state index is 0.649. The highest BCUT2D eigenvalue weighted by Crippen LogP contribution is 2.28. The van der Waals surface area contributed by atoms with E-state index in [1.165, 1.54) is 18.0 Å². The summed E-state index contributed by atoms with van der Waals surface area (Å²) in [5.74, 6) is 8.44. The van der Waals surface area contributed by atoms with Crippen LogP contribution in [0.25, 0.3) is 0 Å². The lowest BCUT2D eigenvalue weighted by Crippen LogP contribution is -2.48. The smallest absolute Gasteiger partial charge is 0.132 e. The Morgan fingerprint density at radius 3 is 2.45 bits per heavy atom. The van der Waals surface area contributed by atoms with Crippen molar-refractivity contribution in [2.45, 2.75) is 37.8 Å². The molecule has 0 aliphatic carbocycles. The molecule has 1 saturated heterocycles. The molecule has 0 spiro atoms. The number of hydrogen-bond acceptors (Lipinski definition) is 5. The Labute approximate surface area is 192 Å². The lowest BCUT2D eigenvalue weighted by molar-refractivity contribution is 0.110. The van der Waals surface area contributed by atoms with Crippen LogP contribution in [0.2, 0.25) is 0 Å². The van der Waals surface area contributed by atoms with E-state index in [1.54, 1.807) is 11.8 Å². The van der Waals surface area contributed by atoms with Gasteiger partial charge in [0.05, 0.1) is 0 Å². The molecular weight excluding hydrogens is 402 g/mol. The summed E-state index contributed by atoms with van der Waals surface area (Å²) in [7, 11) is 1.95. The topological polar surface area (TPSA) is 27.7 Å². The van der Waals surface area contributed by atoms with Gasteiger partial charge in [0, 0.05) is 67.8 Å². The van der Waals surface area contributed by atoms with E-state index in [9.17, 15) is 0 Å². The molecule has 31 heavy (non-hydrogen) atoms. The second-order valence-corrected chi connectivity index (χ2v) is 9.03. The maximum Gasteiger partial charge on any atom is 0.132 e. The first-order valence-corrected chi connectivity index (χ1v) is 12.4. The second-order valence-electron chi connectivity index (χ2n) is 8.15. The van der Waals surface area contributed by atoms with E-state index in [0.29, 0.717) is 6.04 Å². The number of ether oxygens (including phenoxy) is 1. The Balaban J connectivity index is 1.57. The summed E-state index contributed by atoms with van der Waals surface area (Å²) < 4.78 is 6.14. The van der Waals surface area contributed by atoms with Gasteiger partial charge in [-0.05, 0) is 69.6 Å². The van der Waals surface area contributed by atoms with Crippen molar-refractivity contribution in [2.24, 2.45) is 0 Å². The van der Waals surface area contributed by atoms with Gasteiger partial charge in [0.1, 0.15) is 11.5 Å². The van der Waals surface area contributed by atoms with Gasteiger partial charge in [-0.2, -0.15) is 0 Å². The predicted molar refractivity (Wildman–Crippen MR) is 132 cm³/mol. The first-order valence-electron chi connectivity index (χ1n) is 11.1. The van der Waals surface area contributed by atoms with Gasteiger partial charge in [-0.15, -0.1) is 11.8 Å². The summed E-state index contributed by atoms with van der Waals surface area (Å²) in [6.45, 7) is 11.0. The molecular formula is C26H35N3OS. The Kier molecular flexibility index (Phi) is 9.30. The van der Waals surface area contributed by atoms with E-state index in [2.05, 4.69) is 71.3 Å². The van der Waals surface area contributed by atoms with Crippen LogP contribution in [0.1, 0.15) is 31.4 Å². The van der Waals surface area contributed by atoms with E-state index in [4.69, 9.17) is 4.74 Å². The third-order valence-electron chi connectivity index (χ3n) is 5.64. The van der Waals surface area contributed by atoms with Crippen molar-refractivity contribution in [2.75, 3.05) is 46.0 Å². The fourth-order valence-corrected chi connectivity index (χ4v) is 4.15.